The number of nitrogens with one attached hydrogen (secondary N) is 3. The first-order valence-corrected chi connectivity index (χ1v) is 15.5. The van der Waals surface area contributed by atoms with Gasteiger partial charge in [0.25, 0.3) is 0 Å². The zero-order valence-corrected chi connectivity index (χ0v) is 27.1. The van der Waals surface area contributed by atoms with Crippen LogP contribution in [0.5, 0.6) is 0 Å². The normalized spacial score (nSPS) is 11.5. The van der Waals surface area contributed by atoms with Gasteiger partial charge < -0.3 is 24.3 Å². The Labute approximate surface area is 271 Å². The Balaban J connectivity index is 1.71. The number of alkyl carbamates (subject to hydrolysis) is 2. The van der Waals surface area contributed by atoms with E-state index in [0.29, 0.717) is 5.01 Å². The minimum Gasteiger partial charge on any atom is -0.461 e. The molecule has 3 rings (SSSR count). The van der Waals surface area contributed by atoms with Gasteiger partial charge in [0, 0.05) is 11.9 Å². The van der Waals surface area contributed by atoms with Gasteiger partial charge in [0.2, 0.25) is 5.96 Å². The lowest BCUT2D eigenvalue weighted by Crippen LogP contribution is -2.47. The van der Waals surface area contributed by atoms with Gasteiger partial charge in [-0.05, 0) is 51.7 Å². The van der Waals surface area contributed by atoms with E-state index in [1.807, 2.05) is 12.1 Å². The van der Waals surface area contributed by atoms with Crippen molar-refractivity contribution in [2.24, 2.45) is 0 Å². The van der Waals surface area contributed by atoms with Crippen molar-refractivity contribution in [3.63, 3.8) is 0 Å². The number of hydrogen-bond acceptors (Lipinski definition) is 11. The third-order valence-electron chi connectivity index (χ3n) is 6.00. The van der Waals surface area contributed by atoms with Gasteiger partial charge in [0.05, 0.1) is 12.6 Å². The second-order valence-corrected chi connectivity index (χ2v) is 11.7. The fourth-order valence-corrected chi connectivity index (χ4v) is 4.80. The molecule has 0 spiro atoms. The Morgan fingerprint density at radius 1 is 0.913 bits per heavy atom. The maximum absolute atomic E-state index is 13.2. The molecule has 246 valence electrons. The molecule has 0 aliphatic carbocycles. The van der Waals surface area contributed by atoms with Crippen LogP contribution in [0, 0.1) is 5.41 Å². The third-order valence-corrected chi connectivity index (χ3v) is 6.96. The number of guanidine groups is 1. The number of thiazole rings is 1. The van der Waals surface area contributed by atoms with Crippen molar-refractivity contribution in [3.8, 4) is 0 Å². The summed E-state index contributed by atoms with van der Waals surface area (Å²) < 4.78 is 21.1. The van der Waals surface area contributed by atoms with Crippen LogP contribution in [0.1, 0.15) is 73.2 Å². The van der Waals surface area contributed by atoms with Crippen molar-refractivity contribution in [3.05, 3.63) is 87.9 Å². The number of ether oxygens (including phenoxy) is 4. The molecule has 3 amide bonds. The summed E-state index contributed by atoms with van der Waals surface area (Å²) in [6.07, 6.45) is -2.04. The summed E-state index contributed by atoms with van der Waals surface area (Å²) in [5.74, 6) is -1.14. The second kappa shape index (κ2) is 17.5. The van der Waals surface area contributed by atoms with E-state index in [-0.39, 0.29) is 44.9 Å². The third kappa shape index (κ3) is 12.2. The highest BCUT2D eigenvalue weighted by atomic mass is 32.1. The standard InChI is InChI=1S/C32H39N5O8S/c1-5-42-27(38)25-21-46-26(34-25)24(35-30(40)45-32(2,3)4)17-12-18-37(31(41)44-20-23-15-10-7-11-16-23)28(33)36-29(39)43-19-22-13-8-6-9-14-22/h6-11,13-16,21,24H,5,12,17-20H2,1-4H3,(H,35,40)(H2,33,36,39). The quantitative estimate of drug-likeness (QED) is 0.0896. The van der Waals surface area contributed by atoms with Crippen LogP contribution in [-0.2, 0) is 32.2 Å². The number of nitrogens with zero attached hydrogens (tertiary/aromatic N) is 2. The zero-order valence-electron chi connectivity index (χ0n) is 26.2. The lowest BCUT2D eigenvalue weighted by atomic mass is 10.1. The van der Waals surface area contributed by atoms with Crippen molar-refractivity contribution in [1.82, 2.24) is 20.5 Å². The molecule has 0 fully saturated rings. The van der Waals surface area contributed by atoms with Crippen molar-refractivity contribution >= 4 is 41.5 Å². The zero-order chi connectivity index (χ0) is 33.5. The van der Waals surface area contributed by atoms with Crippen molar-refractivity contribution in [1.29, 1.82) is 5.41 Å². The molecule has 1 unspecified atom stereocenters. The molecule has 0 saturated carbocycles. The molecule has 0 saturated heterocycles. The summed E-state index contributed by atoms with van der Waals surface area (Å²) >= 11 is 1.16. The molecule has 1 aromatic heterocycles. The molecule has 46 heavy (non-hydrogen) atoms. The second-order valence-electron chi connectivity index (χ2n) is 10.9. The topological polar surface area (TPSA) is 169 Å². The van der Waals surface area contributed by atoms with Crippen LogP contribution in [0.2, 0.25) is 0 Å². The highest BCUT2D eigenvalue weighted by molar-refractivity contribution is 7.09. The van der Waals surface area contributed by atoms with E-state index >= 15 is 0 Å². The summed E-state index contributed by atoms with van der Waals surface area (Å²) in [5.41, 5.74) is 0.826. The molecular weight excluding hydrogens is 614 g/mol. The van der Waals surface area contributed by atoms with Crippen LogP contribution < -0.4 is 10.6 Å². The fourth-order valence-electron chi connectivity index (χ4n) is 3.92. The van der Waals surface area contributed by atoms with Gasteiger partial charge in [0.15, 0.2) is 5.69 Å². The summed E-state index contributed by atoms with van der Waals surface area (Å²) in [6.45, 7) is 6.89. The van der Waals surface area contributed by atoms with Gasteiger partial charge in [-0.2, -0.15) is 0 Å². The number of hydrogen-bond donors (Lipinski definition) is 3. The molecule has 13 nitrogen and oxygen atoms in total. The highest BCUT2D eigenvalue weighted by Gasteiger charge is 2.26. The van der Waals surface area contributed by atoms with Gasteiger partial charge in [0.1, 0.15) is 23.8 Å². The smallest absolute Gasteiger partial charge is 0.416 e. The molecule has 0 bridgehead atoms. The van der Waals surface area contributed by atoms with Crippen LogP contribution >= 0.6 is 11.3 Å². The Hall–Kier alpha value is -4.98. The van der Waals surface area contributed by atoms with Gasteiger partial charge >= 0.3 is 24.2 Å². The van der Waals surface area contributed by atoms with E-state index in [4.69, 9.17) is 24.4 Å². The predicted molar refractivity (Wildman–Crippen MR) is 170 cm³/mol. The fraction of sp³-hybridized carbons (Fsp3) is 0.375. The van der Waals surface area contributed by atoms with Gasteiger partial charge in [-0.15, -0.1) is 11.3 Å². The number of esters is 1. The summed E-state index contributed by atoms with van der Waals surface area (Å²) in [7, 11) is 0. The maximum atomic E-state index is 13.2. The molecule has 0 aliphatic rings. The van der Waals surface area contributed by atoms with Gasteiger partial charge in [-0.25, -0.2) is 29.1 Å². The largest absolute Gasteiger partial charge is 0.461 e. The molecule has 3 N–H and O–H groups in total. The van der Waals surface area contributed by atoms with E-state index < -0.39 is 41.9 Å². The van der Waals surface area contributed by atoms with E-state index in [1.165, 1.54) is 5.38 Å². The van der Waals surface area contributed by atoms with Crippen LogP contribution in [0.25, 0.3) is 0 Å². The summed E-state index contributed by atoms with van der Waals surface area (Å²) in [4.78, 5) is 55.8. The van der Waals surface area contributed by atoms with Crippen molar-refractivity contribution in [2.75, 3.05) is 13.2 Å². The first-order chi connectivity index (χ1) is 21.9. The van der Waals surface area contributed by atoms with E-state index in [9.17, 15) is 19.2 Å². The number of rotatable bonds is 12. The highest BCUT2D eigenvalue weighted by Crippen LogP contribution is 2.24. The maximum Gasteiger partial charge on any atom is 0.416 e. The molecule has 2 aromatic carbocycles. The molecule has 0 radical (unpaired) electrons. The first kappa shape index (κ1) is 35.5. The monoisotopic (exact) mass is 653 g/mol. The molecule has 3 aromatic rings. The predicted octanol–water partition coefficient (Wildman–Crippen LogP) is 6.17. The van der Waals surface area contributed by atoms with Crippen LogP contribution in [0.3, 0.4) is 0 Å². The lowest BCUT2D eigenvalue weighted by Gasteiger charge is -2.25. The Morgan fingerprint density at radius 2 is 1.52 bits per heavy atom. The Bertz CT molecular complexity index is 1460. The number of carbonyl (C=O) groups is 4. The van der Waals surface area contributed by atoms with E-state index in [1.54, 1.807) is 76.2 Å². The minimum absolute atomic E-state index is 0.0297. The SMILES string of the molecule is CCOC(=O)c1csc(C(CCCN(C(=N)NC(=O)OCc2ccccc2)C(=O)OCc2ccccc2)NC(=O)OC(C)(C)C)n1. The molecule has 0 aliphatic heterocycles. The number of carbonyl (C=O) groups excluding carboxylic acids is 4. The average Bonchev–Trinajstić information content (AvgIpc) is 3.51. The summed E-state index contributed by atoms with van der Waals surface area (Å²) in [5, 5.41) is 15.5. The first-order valence-electron chi connectivity index (χ1n) is 14.6. The van der Waals surface area contributed by atoms with Crippen LogP contribution in [0.4, 0.5) is 14.4 Å². The van der Waals surface area contributed by atoms with Crippen molar-refractivity contribution in [2.45, 2.75) is 65.4 Å². The molecule has 1 heterocycles. The van der Waals surface area contributed by atoms with Gasteiger partial charge in [-0.1, -0.05) is 60.7 Å². The van der Waals surface area contributed by atoms with E-state index in [0.717, 1.165) is 27.4 Å². The van der Waals surface area contributed by atoms with Crippen molar-refractivity contribution < 1.29 is 38.1 Å². The number of amides is 3. The average molecular weight is 654 g/mol. The number of aromatic nitrogens is 1. The minimum atomic E-state index is -0.923. The lowest BCUT2D eigenvalue weighted by molar-refractivity contribution is 0.0498. The van der Waals surface area contributed by atoms with Gasteiger partial charge in [-0.3, -0.25) is 10.7 Å². The number of benzene rings is 2. The summed E-state index contributed by atoms with van der Waals surface area (Å²) in [6, 6.07) is 17.3. The Morgan fingerprint density at radius 3 is 2.11 bits per heavy atom. The molecular formula is C32H39N5O8S. The molecule has 14 heteroatoms. The molecule has 1 atom stereocenters. The van der Waals surface area contributed by atoms with Crippen LogP contribution in [0.15, 0.2) is 66.0 Å². The Kier molecular flexibility index (Phi) is 13.5. The van der Waals surface area contributed by atoms with E-state index in [2.05, 4.69) is 15.6 Å². The van der Waals surface area contributed by atoms with Crippen LogP contribution in [-0.4, -0.2) is 58.8 Å².